The second kappa shape index (κ2) is 11.8. The standard InChI is InChI=1S/C16H24N2O4S.C7H8BrNO2S/c1-16(2,3)22-15(19)9-12-10-18(11-12)13-5-7-14(8-6-13)23(20,21)17-4;1-9-12(10,11)7-4-2-6(8)3-5-7/h5-8,12,17H,9-11H2,1-4H3;2-5,9H,1H3. The zero-order valence-corrected chi connectivity index (χ0v) is 23.6. The van der Waals surface area contributed by atoms with Gasteiger partial charge in [-0.1, -0.05) is 15.9 Å². The Morgan fingerprint density at radius 2 is 1.34 bits per heavy atom. The van der Waals surface area contributed by atoms with Gasteiger partial charge in [0.25, 0.3) is 0 Å². The molecule has 194 valence electrons. The Kier molecular flexibility index (Phi) is 9.88. The Bertz CT molecular complexity index is 1200. The van der Waals surface area contributed by atoms with Crippen molar-refractivity contribution in [2.45, 2.75) is 42.6 Å². The zero-order valence-electron chi connectivity index (χ0n) is 20.4. The van der Waals surface area contributed by atoms with Gasteiger partial charge in [-0.15, -0.1) is 0 Å². The van der Waals surface area contributed by atoms with E-state index in [1.807, 2.05) is 20.8 Å². The molecule has 0 atom stereocenters. The van der Waals surface area contributed by atoms with E-state index in [1.54, 1.807) is 36.4 Å². The van der Waals surface area contributed by atoms with Crippen LogP contribution >= 0.6 is 15.9 Å². The van der Waals surface area contributed by atoms with Gasteiger partial charge in [0.05, 0.1) is 16.2 Å². The third kappa shape index (κ3) is 8.87. The van der Waals surface area contributed by atoms with Gasteiger partial charge < -0.3 is 9.64 Å². The number of halogens is 1. The normalized spacial score (nSPS) is 14.5. The molecule has 0 aromatic heterocycles. The van der Waals surface area contributed by atoms with Crippen LogP contribution in [0.5, 0.6) is 0 Å². The molecule has 3 rings (SSSR count). The molecule has 1 saturated heterocycles. The summed E-state index contributed by atoms with van der Waals surface area (Å²) in [5.74, 6) is 0.114. The first-order chi connectivity index (χ1) is 16.2. The molecule has 0 unspecified atom stereocenters. The fraction of sp³-hybridized carbons (Fsp3) is 0.435. The van der Waals surface area contributed by atoms with Crippen molar-refractivity contribution >= 4 is 47.6 Å². The SMILES string of the molecule is CNS(=O)(=O)c1ccc(Br)cc1.CNS(=O)(=O)c1ccc(N2CC(CC(=O)OC(C)(C)C)C2)cc1. The Hall–Kier alpha value is -1.99. The van der Waals surface area contributed by atoms with Crippen LogP contribution in [0.1, 0.15) is 27.2 Å². The molecule has 9 nitrogen and oxygen atoms in total. The van der Waals surface area contributed by atoms with Gasteiger partial charge in [0.1, 0.15) is 5.60 Å². The highest BCUT2D eigenvalue weighted by Crippen LogP contribution is 2.28. The first-order valence-corrected chi connectivity index (χ1v) is 14.6. The van der Waals surface area contributed by atoms with Gasteiger partial charge in [-0.05, 0) is 83.4 Å². The number of nitrogens with one attached hydrogen (secondary N) is 2. The number of hydrogen-bond acceptors (Lipinski definition) is 7. The summed E-state index contributed by atoms with van der Waals surface area (Å²) in [6.45, 7) is 7.13. The highest BCUT2D eigenvalue weighted by molar-refractivity contribution is 9.10. The molecule has 1 heterocycles. The number of carbonyl (C=O) groups excluding carboxylic acids is 1. The van der Waals surface area contributed by atoms with E-state index < -0.39 is 25.6 Å². The summed E-state index contributed by atoms with van der Waals surface area (Å²) in [6, 6.07) is 13.2. The number of nitrogens with zero attached hydrogens (tertiary/aromatic N) is 1. The molecule has 2 aromatic rings. The second-order valence-corrected chi connectivity index (χ2v) is 13.6. The molecule has 0 radical (unpaired) electrons. The lowest BCUT2D eigenvalue weighted by molar-refractivity contribution is -0.156. The van der Waals surface area contributed by atoms with Gasteiger partial charge in [0.2, 0.25) is 20.0 Å². The summed E-state index contributed by atoms with van der Waals surface area (Å²) in [5, 5.41) is 0. The van der Waals surface area contributed by atoms with Crippen LogP contribution in [-0.2, 0) is 29.6 Å². The van der Waals surface area contributed by atoms with Crippen molar-refractivity contribution in [1.82, 2.24) is 9.44 Å². The van der Waals surface area contributed by atoms with Crippen LogP contribution in [0.15, 0.2) is 62.8 Å². The molecular weight excluding hydrogens is 558 g/mol. The number of benzene rings is 2. The van der Waals surface area contributed by atoms with Crippen molar-refractivity contribution in [2.24, 2.45) is 5.92 Å². The van der Waals surface area contributed by atoms with Crippen LogP contribution in [0.25, 0.3) is 0 Å². The summed E-state index contributed by atoms with van der Waals surface area (Å²) in [6.07, 6.45) is 0.417. The Balaban J connectivity index is 0.000000303. The first-order valence-electron chi connectivity index (χ1n) is 10.9. The average molecular weight is 591 g/mol. The van der Waals surface area contributed by atoms with E-state index in [0.29, 0.717) is 6.42 Å². The minimum Gasteiger partial charge on any atom is -0.460 e. The van der Waals surface area contributed by atoms with Crippen LogP contribution < -0.4 is 14.3 Å². The van der Waals surface area contributed by atoms with Gasteiger partial charge in [0, 0.05) is 29.2 Å². The smallest absolute Gasteiger partial charge is 0.306 e. The van der Waals surface area contributed by atoms with Gasteiger partial charge >= 0.3 is 5.97 Å². The quantitative estimate of drug-likeness (QED) is 0.476. The lowest BCUT2D eigenvalue weighted by atomic mass is 9.95. The lowest BCUT2D eigenvalue weighted by Crippen LogP contribution is -2.48. The number of esters is 1. The molecule has 12 heteroatoms. The maximum Gasteiger partial charge on any atom is 0.306 e. The third-order valence-corrected chi connectivity index (χ3v) is 8.40. The van der Waals surface area contributed by atoms with E-state index in [0.717, 1.165) is 23.2 Å². The zero-order chi connectivity index (χ0) is 26.4. The lowest BCUT2D eigenvalue weighted by Gasteiger charge is -2.41. The van der Waals surface area contributed by atoms with Gasteiger partial charge in [-0.3, -0.25) is 4.79 Å². The topological polar surface area (TPSA) is 122 Å². The highest BCUT2D eigenvalue weighted by Gasteiger charge is 2.30. The van der Waals surface area contributed by atoms with Crippen molar-refractivity contribution in [3.63, 3.8) is 0 Å². The van der Waals surface area contributed by atoms with E-state index in [1.165, 1.54) is 26.2 Å². The molecule has 0 amide bonds. The van der Waals surface area contributed by atoms with Crippen LogP contribution in [0.3, 0.4) is 0 Å². The number of hydrogen-bond donors (Lipinski definition) is 2. The number of anilines is 1. The number of rotatable bonds is 7. The second-order valence-electron chi connectivity index (χ2n) is 8.92. The maximum atomic E-state index is 11.8. The Morgan fingerprint density at radius 1 is 0.914 bits per heavy atom. The summed E-state index contributed by atoms with van der Waals surface area (Å²) < 4.78 is 56.4. The van der Waals surface area contributed by atoms with E-state index in [2.05, 4.69) is 30.3 Å². The molecule has 1 fully saturated rings. The van der Waals surface area contributed by atoms with Crippen molar-refractivity contribution in [2.75, 3.05) is 32.1 Å². The summed E-state index contributed by atoms with van der Waals surface area (Å²) in [5.41, 5.74) is 0.510. The van der Waals surface area contributed by atoms with E-state index in [4.69, 9.17) is 4.74 Å². The predicted molar refractivity (Wildman–Crippen MR) is 139 cm³/mol. The highest BCUT2D eigenvalue weighted by atomic mass is 79.9. The van der Waals surface area contributed by atoms with Crippen molar-refractivity contribution in [1.29, 1.82) is 0 Å². The molecular formula is C23H32BrN3O6S2. The monoisotopic (exact) mass is 589 g/mol. The molecule has 2 N–H and O–H groups in total. The number of sulfonamides is 2. The molecule has 35 heavy (non-hydrogen) atoms. The van der Waals surface area contributed by atoms with Gasteiger partial charge in [0.15, 0.2) is 0 Å². The fourth-order valence-electron chi connectivity index (χ4n) is 3.21. The van der Waals surface area contributed by atoms with Crippen LogP contribution in [0.4, 0.5) is 5.69 Å². The molecule has 0 bridgehead atoms. The Morgan fingerprint density at radius 3 is 1.74 bits per heavy atom. The van der Waals surface area contributed by atoms with Crippen molar-refractivity contribution < 1.29 is 26.4 Å². The largest absolute Gasteiger partial charge is 0.460 e. The molecule has 1 aliphatic rings. The number of ether oxygens (including phenoxy) is 1. The minimum absolute atomic E-state index is 0.169. The average Bonchev–Trinajstić information content (AvgIpc) is 2.75. The van der Waals surface area contributed by atoms with Crippen molar-refractivity contribution in [3.05, 3.63) is 53.0 Å². The summed E-state index contributed by atoms with van der Waals surface area (Å²) >= 11 is 3.22. The van der Waals surface area contributed by atoms with Crippen molar-refractivity contribution in [3.8, 4) is 0 Å². The molecule has 0 aliphatic carbocycles. The molecule has 2 aromatic carbocycles. The third-order valence-electron chi connectivity index (χ3n) is 5.01. The summed E-state index contributed by atoms with van der Waals surface area (Å²) in [4.78, 5) is 14.4. The van der Waals surface area contributed by atoms with E-state index >= 15 is 0 Å². The number of carbonyl (C=O) groups is 1. The van der Waals surface area contributed by atoms with Gasteiger partial charge in [-0.25, -0.2) is 26.3 Å². The minimum atomic E-state index is -3.40. The van der Waals surface area contributed by atoms with Crippen LogP contribution in [0, 0.1) is 5.92 Å². The van der Waals surface area contributed by atoms with E-state index in [-0.39, 0.29) is 21.7 Å². The Labute approximate surface area is 216 Å². The summed E-state index contributed by atoms with van der Waals surface area (Å²) in [7, 11) is -3.91. The van der Waals surface area contributed by atoms with Crippen LogP contribution in [0.2, 0.25) is 0 Å². The molecule has 0 spiro atoms. The first kappa shape index (κ1) is 29.2. The van der Waals surface area contributed by atoms with Gasteiger partial charge in [-0.2, -0.15) is 0 Å². The fourth-order valence-corrected chi connectivity index (χ4v) is 4.94. The molecule has 1 aliphatic heterocycles. The predicted octanol–water partition coefficient (Wildman–Crippen LogP) is 3.12. The van der Waals surface area contributed by atoms with E-state index in [9.17, 15) is 21.6 Å². The maximum absolute atomic E-state index is 11.8. The van der Waals surface area contributed by atoms with Crippen LogP contribution in [-0.4, -0.2) is 55.6 Å². The molecule has 0 saturated carbocycles.